The van der Waals surface area contributed by atoms with Gasteiger partial charge in [0.1, 0.15) is 18.0 Å². The van der Waals surface area contributed by atoms with Crippen LogP contribution >= 0.6 is 11.3 Å². The lowest BCUT2D eigenvalue weighted by molar-refractivity contribution is 0.0517. The number of amides is 1. The molecule has 0 unspecified atom stereocenters. The third-order valence-corrected chi connectivity index (χ3v) is 8.25. The minimum absolute atomic E-state index is 0.169. The monoisotopic (exact) mass is 482 g/mol. The number of carbonyl (C=O) groups excluding carboxylic acids is 1. The maximum Gasteiger partial charge on any atom is 0.255 e. The van der Waals surface area contributed by atoms with E-state index in [0.29, 0.717) is 6.04 Å². The first-order valence-corrected chi connectivity index (χ1v) is 12.8. The molecule has 8 nitrogen and oxygen atoms in total. The number of benzene rings is 1. The largest absolute Gasteiger partial charge is 0.346 e. The summed E-state index contributed by atoms with van der Waals surface area (Å²) in [7, 11) is 0. The summed E-state index contributed by atoms with van der Waals surface area (Å²) in [6, 6.07) is 12.0. The molecule has 35 heavy (non-hydrogen) atoms. The molecule has 0 saturated carbocycles. The van der Waals surface area contributed by atoms with Gasteiger partial charge in [-0.25, -0.2) is 9.97 Å². The molecule has 9 heteroatoms. The molecule has 1 N–H and O–H groups in total. The highest BCUT2D eigenvalue weighted by atomic mass is 32.1. The molecule has 4 aromatic heterocycles. The van der Waals surface area contributed by atoms with Crippen LogP contribution in [0.15, 0.2) is 60.6 Å². The molecule has 0 spiro atoms. The molecular formula is C26H24N7OS. The number of carbonyl (C=O) groups is 1. The van der Waals surface area contributed by atoms with Crippen molar-refractivity contribution in [2.24, 2.45) is 0 Å². The first-order valence-electron chi connectivity index (χ1n) is 11.9. The minimum atomic E-state index is 0.169. The molecule has 2 aliphatic rings. The van der Waals surface area contributed by atoms with Crippen LogP contribution in [0.4, 0.5) is 0 Å². The number of H-pyrrole nitrogens is 1. The highest BCUT2D eigenvalue weighted by molar-refractivity contribution is 7.17. The van der Waals surface area contributed by atoms with Crippen LogP contribution in [0.5, 0.6) is 0 Å². The fourth-order valence-electron chi connectivity index (χ4n) is 5.29. The molecule has 0 atom stereocenters. The van der Waals surface area contributed by atoms with Crippen molar-refractivity contribution in [3.63, 3.8) is 0 Å². The molecule has 1 aromatic carbocycles. The lowest BCUT2D eigenvalue weighted by Gasteiger charge is -2.46. The number of piperidine rings is 1. The zero-order chi connectivity index (χ0) is 23.4. The number of thiophene rings is 1. The molecule has 0 bridgehead atoms. The van der Waals surface area contributed by atoms with Crippen molar-refractivity contribution in [2.75, 3.05) is 26.2 Å². The van der Waals surface area contributed by atoms with E-state index in [2.05, 4.69) is 43.3 Å². The lowest BCUT2D eigenvalue weighted by atomic mass is 9.97. The molecule has 2 fully saturated rings. The number of nitrogens with zero attached hydrogens (tertiary/aromatic N) is 6. The SMILES string of the molecule is O=C(c1csc2ccccc12)N1CCC(N2C[C](n3cc(-c4ncnc5[nH]ccc45)cn3)C2)CC1. The third-order valence-electron chi connectivity index (χ3n) is 7.28. The van der Waals surface area contributed by atoms with Crippen molar-refractivity contribution in [1.82, 2.24) is 34.5 Å². The summed E-state index contributed by atoms with van der Waals surface area (Å²) in [6.07, 6.45) is 9.43. The van der Waals surface area contributed by atoms with Gasteiger partial charge in [0.25, 0.3) is 5.91 Å². The van der Waals surface area contributed by atoms with Crippen LogP contribution in [0.1, 0.15) is 23.2 Å². The number of hydrogen-bond donors (Lipinski definition) is 1. The van der Waals surface area contributed by atoms with E-state index < -0.39 is 0 Å². The zero-order valence-corrected chi connectivity index (χ0v) is 19.9. The Bertz CT molecular complexity index is 1520. The average Bonchev–Trinajstić information content (AvgIpc) is 3.62. The Morgan fingerprint density at radius 1 is 1.06 bits per heavy atom. The van der Waals surface area contributed by atoms with Gasteiger partial charge in [-0.3, -0.25) is 14.4 Å². The molecule has 1 amide bonds. The Balaban J connectivity index is 0.968. The van der Waals surface area contributed by atoms with Gasteiger partial charge >= 0.3 is 0 Å². The maximum absolute atomic E-state index is 13.1. The Morgan fingerprint density at radius 2 is 1.91 bits per heavy atom. The van der Waals surface area contributed by atoms with Crippen molar-refractivity contribution in [3.8, 4) is 11.3 Å². The number of likely N-dealkylation sites (tertiary alicyclic amines) is 2. The molecule has 0 aliphatic carbocycles. The van der Waals surface area contributed by atoms with Gasteiger partial charge in [-0.05, 0) is 25.0 Å². The van der Waals surface area contributed by atoms with E-state index in [1.54, 1.807) is 17.7 Å². The summed E-state index contributed by atoms with van der Waals surface area (Å²) in [4.78, 5) is 29.6. The molecular weight excluding hydrogens is 458 g/mol. The van der Waals surface area contributed by atoms with Gasteiger partial charge in [0, 0.05) is 71.0 Å². The molecule has 5 aromatic rings. The predicted octanol–water partition coefficient (Wildman–Crippen LogP) is 4.04. The molecule has 175 valence electrons. The van der Waals surface area contributed by atoms with Gasteiger partial charge in [0.05, 0.1) is 17.5 Å². The zero-order valence-electron chi connectivity index (χ0n) is 19.1. The second-order valence-corrected chi connectivity index (χ2v) is 10.2. The van der Waals surface area contributed by atoms with Crippen LogP contribution in [0, 0.1) is 6.04 Å². The first-order chi connectivity index (χ1) is 17.2. The van der Waals surface area contributed by atoms with E-state index in [1.807, 2.05) is 45.6 Å². The van der Waals surface area contributed by atoms with E-state index in [0.717, 1.165) is 72.3 Å². The number of fused-ring (bicyclic) bond motifs is 2. The Hall–Kier alpha value is -3.56. The van der Waals surface area contributed by atoms with Crippen LogP contribution in [-0.4, -0.2) is 72.7 Å². The van der Waals surface area contributed by atoms with Crippen LogP contribution < -0.4 is 0 Å². The second kappa shape index (κ2) is 8.28. The Kier molecular flexibility index (Phi) is 4.92. The number of rotatable bonds is 4. The predicted molar refractivity (Wildman–Crippen MR) is 136 cm³/mol. The fraction of sp³-hybridized carbons (Fsp3) is 0.269. The normalized spacial score (nSPS) is 17.9. The number of hydrogen-bond acceptors (Lipinski definition) is 6. The van der Waals surface area contributed by atoms with E-state index >= 15 is 0 Å². The highest BCUT2D eigenvalue weighted by Crippen LogP contribution is 2.31. The second-order valence-electron chi connectivity index (χ2n) is 9.28. The Labute approximate surface area is 206 Å². The van der Waals surface area contributed by atoms with Gasteiger partial charge in [0.2, 0.25) is 0 Å². The summed E-state index contributed by atoms with van der Waals surface area (Å²) in [5.41, 5.74) is 3.58. The molecule has 2 saturated heterocycles. The summed E-state index contributed by atoms with van der Waals surface area (Å²) in [5, 5.41) is 8.69. The quantitative estimate of drug-likeness (QED) is 0.418. The van der Waals surface area contributed by atoms with Crippen molar-refractivity contribution in [3.05, 3.63) is 72.2 Å². The third kappa shape index (κ3) is 3.54. The highest BCUT2D eigenvalue weighted by Gasteiger charge is 2.37. The standard InChI is InChI=1S/C26H24N7OS/c34-26(22-15-35-23-4-2-1-3-20(22)23)31-9-6-18(7-10-31)32-13-19(14-32)33-12-17(11-30-33)24-21-5-8-27-25(21)29-16-28-24/h1-5,8,11-12,15-16,18H,6-7,9-10,13-14H2,(H,27,28,29). The van der Waals surface area contributed by atoms with Gasteiger partial charge in [0.15, 0.2) is 0 Å². The van der Waals surface area contributed by atoms with Crippen LogP contribution in [0.25, 0.3) is 32.4 Å². The van der Waals surface area contributed by atoms with Gasteiger partial charge in [-0.15, -0.1) is 11.3 Å². The lowest BCUT2D eigenvalue weighted by Crippen LogP contribution is -2.56. The Morgan fingerprint density at radius 3 is 2.80 bits per heavy atom. The number of aromatic nitrogens is 5. The van der Waals surface area contributed by atoms with E-state index in [4.69, 9.17) is 0 Å². The van der Waals surface area contributed by atoms with E-state index in [1.165, 1.54) is 10.7 Å². The maximum atomic E-state index is 13.1. The van der Waals surface area contributed by atoms with Crippen LogP contribution in [0.2, 0.25) is 0 Å². The van der Waals surface area contributed by atoms with Gasteiger partial charge in [-0.2, -0.15) is 5.10 Å². The van der Waals surface area contributed by atoms with Crippen molar-refractivity contribution in [2.45, 2.75) is 18.9 Å². The molecule has 1 radical (unpaired) electrons. The summed E-state index contributed by atoms with van der Waals surface area (Å²) in [6.45, 7) is 3.45. The summed E-state index contributed by atoms with van der Waals surface area (Å²) >= 11 is 1.65. The topological polar surface area (TPSA) is 82.9 Å². The van der Waals surface area contributed by atoms with E-state index in [9.17, 15) is 4.79 Å². The summed E-state index contributed by atoms with van der Waals surface area (Å²) in [5.74, 6) is 0.169. The van der Waals surface area contributed by atoms with Crippen LogP contribution in [-0.2, 0) is 0 Å². The van der Waals surface area contributed by atoms with Crippen molar-refractivity contribution in [1.29, 1.82) is 0 Å². The number of aromatic amines is 1. The van der Waals surface area contributed by atoms with Gasteiger partial charge < -0.3 is 9.88 Å². The molecule has 2 aliphatic heterocycles. The van der Waals surface area contributed by atoms with Crippen molar-refractivity contribution < 1.29 is 4.79 Å². The molecule has 6 heterocycles. The minimum Gasteiger partial charge on any atom is -0.346 e. The fourth-order valence-corrected chi connectivity index (χ4v) is 6.23. The van der Waals surface area contributed by atoms with Crippen LogP contribution in [0.3, 0.4) is 0 Å². The first kappa shape index (κ1) is 20.8. The summed E-state index contributed by atoms with van der Waals surface area (Å²) < 4.78 is 3.17. The molecule has 7 rings (SSSR count). The number of nitrogens with one attached hydrogen (secondary N) is 1. The smallest absolute Gasteiger partial charge is 0.255 e. The van der Waals surface area contributed by atoms with E-state index in [-0.39, 0.29) is 5.91 Å². The van der Waals surface area contributed by atoms with Gasteiger partial charge in [-0.1, -0.05) is 18.2 Å². The van der Waals surface area contributed by atoms with Crippen molar-refractivity contribution >= 4 is 38.4 Å². The average molecular weight is 483 g/mol.